The van der Waals surface area contributed by atoms with E-state index in [0.29, 0.717) is 26.2 Å². The molecule has 3 N–H and O–H groups in total. The van der Waals surface area contributed by atoms with Crippen LogP contribution in [0.2, 0.25) is 0 Å². The summed E-state index contributed by atoms with van der Waals surface area (Å²) < 4.78 is 0. The molecule has 17 heavy (non-hydrogen) atoms. The first-order chi connectivity index (χ1) is 8.27. The Morgan fingerprint density at radius 2 is 2.41 bits per heavy atom. The second-order valence-corrected chi connectivity index (χ2v) is 3.76. The number of urea groups is 1. The van der Waals surface area contributed by atoms with Gasteiger partial charge >= 0.3 is 6.03 Å². The third-order valence-corrected chi connectivity index (χ3v) is 2.34. The van der Waals surface area contributed by atoms with Crippen molar-refractivity contribution in [2.24, 2.45) is 5.73 Å². The number of carbonyl (C=O) groups excluding carboxylic acids is 1. The van der Waals surface area contributed by atoms with Crippen molar-refractivity contribution in [1.82, 2.24) is 15.2 Å². The molecule has 0 atom stereocenters. The van der Waals surface area contributed by atoms with Crippen molar-refractivity contribution in [2.45, 2.75) is 19.9 Å². The van der Waals surface area contributed by atoms with Crippen LogP contribution in [-0.4, -0.2) is 35.5 Å². The van der Waals surface area contributed by atoms with Crippen LogP contribution in [0.5, 0.6) is 0 Å². The van der Waals surface area contributed by atoms with E-state index in [1.165, 1.54) is 0 Å². The smallest absolute Gasteiger partial charge is 0.317 e. The highest BCUT2D eigenvalue weighted by atomic mass is 16.2. The van der Waals surface area contributed by atoms with Crippen molar-refractivity contribution >= 4 is 6.03 Å². The number of nitrogens with zero attached hydrogens (tertiary/aromatic N) is 2. The molecule has 0 aliphatic carbocycles. The first kappa shape index (κ1) is 13.4. The summed E-state index contributed by atoms with van der Waals surface area (Å²) in [7, 11) is 0. The third-order valence-electron chi connectivity index (χ3n) is 2.34. The topological polar surface area (TPSA) is 71.2 Å². The second kappa shape index (κ2) is 7.62. The van der Waals surface area contributed by atoms with Crippen LogP contribution in [0.4, 0.5) is 4.79 Å². The fraction of sp³-hybridized carbons (Fsp3) is 0.500. The summed E-state index contributed by atoms with van der Waals surface area (Å²) in [6.45, 7) is 4.36. The van der Waals surface area contributed by atoms with Crippen LogP contribution in [0.3, 0.4) is 0 Å². The molecule has 0 spiro atoms. The van der Waals surface area contributed by atoms with Gasteiger partial charge < -0.3 is 16.0 Å². The van der Waals surface area contributed by atoms with E-state index in [1.807, 2.05) is 19.1 Å². The molecule has 0 bridgehead atoms. The predicted molar refractivity (Wildman–Crippen MR) is 67.4 cm³/mol. The van der Waals surface area contributed by atoms with Gasteiger partial charge in [-0.05, 0) is 31.5 Å². The summed E-state index contributed by atoms with van der Waals surface area (Å²) >= 11 is 0. The second-order valence-electron chi connectivity index (χ2n) is 3.76. The average molecular weight is 236 g/mol. The molecule has 1 aromatic heterocycles. The van der Waals surface area contributed by atoms with Crippen LogP contribution in [0.25, 0.3) is 0 Å². The lowest BCUT2D eigenvalue weighted by Gasteiger charge is -2.22. The number of hydrogen-bond donors (Lipinski definition) is 2. The summed E-state index contributed by atoms with van der Waals surface area (Å²) in [5.74, 6) is 0. The van der Waals surface area contributed by atoms with Gasteiger partial charge in [0.25, 0.3) is 0 Å². The number of pyridine rings is 1. The van der Waals surface area contributed by atoms with E-state index >= 15 is 0 Å². The van der Waals surface area contributed by atoms with Crippen molar-refractivity contribution in [3.63, 3.8) is 0 Å². The van der Waals surface area contributed by atoms with Crippen LogP contribution in [0, 0.1) is 0 Å². The number of amides is 2. The number of nitrogens with one attached hydrogen (secondary N) is 1. The average Bonchev–Trinajstić information content (AvgIpc) is 2.36. The lowest BCUT2D eigenvalue weighted by molar-refractivity contribution is 0.195. The van der Waals surface area contributed by atoms with Crippen molar-refractivity contribution < 1.29 is 4.79 Å². The lowest BCUT2D eigenvalue weighted by Crippen LogP contribution is -2.40. The first-order valence-electron chi connectivity index (χ1n) is 5.89. The van der Waals surface area contributed by atoms with Gasteiger partial charge in [0.05, 0.1) is 0 Å². The Morgan fingerprint density at radius 1 is 1.59 bits per heavy atom. The molecule has 94 valence electrons. The van der Waals surface area contributed by atoms with Crippen LogP contribution < -0.4 is 11.1 Å². The quantitative estimate of drug-likeness (QED) is 0.773. The van der Waals surface area contributed by atoms with Crippen LogP contribution in [0.15, 0.2) is 24.5 Å². The molecule has 0 aliphatic heterocycles. The zero-order valence-electron chi connectivity index (χ0n) is 10.2. The summed E-state index contributed by atoms with van der Waals surface area (Å²) in [6.07, 6.45) is 4.30. The molecule has 1 rings (SSSR count). The van der Waals surface area contributed by atoms with E-state index in [-0.39, 0.29) is 6.03 Å². The minimum atomic E-state index is -0.0511. The molecule has 0 unspecified atom stereocenters. The minimum Gasteiger partial charge on any atom is -0.338 e. The van der Waals surface area contributed by atoms with Gasteiger partial charge in [0.15, 0.2) is 0 Å². The summed E-state index contributed by atoms with van der Waals surface area (Å²) in [5, 5.41) is 2.80. The summed E-state index contributed by atoms with van der Waals surface area (Å²) in [4.78, 5) is 17.6. The van der Waals surface area contributed by atoms with Gasteiger partial charge in [-0.2, -0.15) is 0 Å². The van der Waals surface area contributed by atoms with Gasteiger partial charge in [-0.3, -0.25) is 4.98 Å². The molecule has 0 aromatic carbocycles. The highest BCUT2D eigenvalue weighted by Gasteiger charge is 2.12. The monoisotopic (exact) mass is 236 g/mol. The molecule has 5 heteroatoms. The Hall–Kier alpha value is -1.62. The van der Waals surface area contributed by atoms with E-state index in [1.54, 1.807) is 17.3 Å². The van der Waals surface area contributed by atoms with Crippen LogP contribution >= 0.6 is 0 Å². The maximum absolute atomic E-state index is 11.8. The maximum Gasteiger partial charge on any atom is 0.317 e. The largest absolute Gasteiger partial charge is 0.338 e. The molecule has 0 fully saturated rings. The highest BCUT2D eigenvalue weighted by molar-refractivity contribution is 5.74. The Balaban J connectivity index is 2.59. The number of carbonyl (C=O) groups is 1. The molecular formula is C12H20N4O. The van der Waals surface area contributed by atoms with Crippen molar-refractivity contribution in [3.05, 3.63) is 30.1 Å². The van der Waals surface area contributed by atoms with Crippen molar-refractivity contribution in [3.8, 4) is 0 Å². The van der Waals surface area contributed by atoms with E-state index in [2.05, 4.69) is 10.3 Å². The molecule has 2 amide bonds. The maximum atomic E-state index is 11.8. The first-order valence-corrected chi connectivity index (χ1v) is 5.89. The lowest BCUT2D eigenvalue weighted by atomic mass is 10.2. The molecule has 0 saturated heterocycles. The highest BCUT2D eigenvalue weighted by Crippen LogP contribution is 2.03. The van der Waals surface area contributed by atoms with Gasteiger partial charge in [0.2, 0.25) is 0 Å². The Morgan fingerprint density at radius 3 is 3.00 bits per heavy atom. The zero-order valence-corrected chi connectivity index (χ0v) is 10.2. The zero-order chi connectivity index (χ0) is 12.5. The Bertz CT molecular complexity index is 329. The Kier molecular flexibility index (Phi) is 6.03. The Labute approximate surface area is 102 Å². The number of nitrogens with two attached hydrogens (primary N) is 1. The van der Waals surface area contributed by atoms with Crippen LogP contribution in [0.1, 0.15) is 18.9 Å². The summed E-state index contributed by atoms with van der Waals surface area (Å²) in [6, 6.07) is 3.78. The van der Waals surface area contributed by atoms with Gasteiger partial charge in [0.1, 0.15) is 0 Å². The van der Waals surface area contributed by atoms with E-state index in [9.17, 15) is 4.79 Å². The number of hydrogen-bond acceptors (Lipinski definition) is 3. The van der Waals surface area contributed by atoms with E-state index in [0.717, 1.165) is 12.0 Å². The standard InChI is InChI=1S/C12H20N4O/c1-2-15-12(17)16(8-4-6-13)10-11-5-3-7-14-9-11/h3,5,7,9H,2,4,6,8,10,13H2,1H3,(H,15,17). The fourth-order valence-corrected chi connectivity index (χ4v) is 1.51. The SMILES string of the molecule is CCNC(=O)N(CCCN)Cc1cccnc1. The van der Waals surface area contributed by atoms with Gasteiger partial charge in [-0.15, -0.1) is 0 Å². The molecule has 5 nitrogen and oxygen atoms in total. The van der Waals surface area contributed by atoms with Crippen LogP contribution in [-0.2, 0) is 6.54 Å². The van der Waals surface area contributed by atoms with Crippen molar-refractivity contribution in [2.75, 3.05) is 19.6 Å². The molecular weight excluding hydrogens is 216 g/mol. The van der Waals surface area contributed by atoms with E-state index in [4.69, 9.17) is 5.73 Å². The fourth-order valence-electron chi connectivity index (χ4n) is 1.51. The molecule has 0 saturated carbocycles. The number of aromatic nitrogens is 1. The third kappa shape index (κ3) is 4.82. The van der Waals surface area contributed by atoms with Gasteiger partial charge in [0, 0.05) is 32.0 Å². The molecule has 1 aromatic rings. The molecule has 0 aliphatic rings. The van der Waals surface area contributed by atoms with Gasteiger partial charge in [-0.25, -0.2) is 4.79 Å². The van der Waals surface area contributed by atoms with E-state index < -0.39 is 0 Å². The number of rotatable bonds is 6. The predicted octanol–water partition coefficient (Wildman–Crippen LogP) is 0.962. The van der Waals surface area contributed by atoms with Gasteiger partial charge in [-0.1, -0.05) is 6.07 Å². The summed E-state index contributed by atoms with van der Waals surface area (Å²) in [5.41, 5.74) is 6.50. The normalized spacial score (nSPS) is 10.0. The minimum absolute atomic E-state index is 0.0511. The van der Waals surface area contributed by atoms with Crippen molar-refractivity contribution in [1.29, 1.82) is 0 Å². The molecule has 1 heterocycles. The molecule has 0 radical (unpaired) electrons.